The van der Waals surface area contributed by atoms with E-state index in [0.29, 0.717) is 0 Å². The van der Waals surface area contributed by atoms with Gasteiger partial charge in [0, 0.05) is 0 Å². The van der Waals surface area contributed by atoms with Gasteiger partial charge in [0.15, 0.2) is 0 Å². The van der Waals surface area contributed by atoms with E-state index in [-0.39, 0.29) is 21.7 Å². The van der Waals surface area contributed by atoms with Gasteiger partial charge in [0.05, 0.1) is 11.5 Å². The quantitative estimate of drug-likeness (QED) is 0.410. The van der Waals surface area contributed by atoms with Crippen LogP contribution in [0.4, 0.5) is 0 Å². The van der Waals surface area contributed by atoms with Crippen molar-refractivity contribution < 1.29 is 7.58 Å². The van der Waals surface area contributed by atoms with E-state index in [4.69, 9.17) is 7.58 Å². The summed E-state index contributed by atoms with van der Waals surface area (Å²) >= 11 is -2.07. The Labute approximate surface area is 209 Å². The minimum Gasteiger partial charge on any atom is -0.611 e. The molecule has 2 aromatic carbocycles. The molecule has 0 aromatic heterocycles. The fourth-order valence-corrected chi connectivity index (χ4v) is 5.56. The lowest BCUT2D eigenvalue weighted by Gasteiger charge is -2.33. The maximum atomic E-state index is 6.93. The summed E-state index contributed by atoms with van der Waals surface area (Å²) < 4.78 is 13.9. The van der Waals surface area contributed by atoms with Crippen LogP contribution in [0.1, 0.15) is 112 Å². The van der Waals surface area contributed by atoms with Crippen LogP contribution in [-0.4, -0.2) is 14.8 Å². The molecule has 0 saturated heterocycles. The van der Waals surface area contributed by atoms with Crippen molar-refractivity contribution in [2.45, 2.75) is 117 Å². The first-order valence-electron chi connectivity index (χ1n) is 12.5. The molecule has 3 heteroatoms. The molecule has 0 N–H and O–H groups in total. The highest BCUT2D eigenvalue weighted by molar-refractivity contribution is 6.46. The zero-order chi connectivity index (χ0) is 25.4. The molecule has 0 bridgehead atoms. The number of benzene rings is 2. The van der Waals surface area contributed by atoms with E-state index in [1.165, 1.54) is 22.3 Å². The summed E-state index contributed by atoms with van der Waals surface area (Å²) in [6.45, 7) is 29.3. The first-order chi connectivity index (χ1) is 14.9. The maximum Gasteiger partial charge on any atom is 0.856 e. The lowest BCUT2D eigenvalue weighted by molar-refractivity contribution is 0.387. The summed E-state index contributed by atoms with van der Waals surface area (Å²) in [5, 5.41) is 0.893. The average molecular weight is 467 g/mol. The molecule has 0 atom stereocenters. The highest BCUT2D eigenvalue weighted by atomic mass is 27.2. The molecular formula is C30H47AlO2. The second-order valence-corrected chi connectivity index (χ2v) is 15.6. The van der Waals surface area contributed by atoms with E-state index in [9.17, 15) is 0 Å². The van der Waals surface area contributed by atoms with E-state index in [0.717, 1.165) is 16.8 Å². The SMILES string of the molecule is C[CH2][Al]([O]c1c(C(C)(C)C)cccc1C(C)(C)C)[O]c1c(C(C)(C)C)cccc1C(C)(C)C. The van der Waals surface area contributed by atoms with E-state index >= 15 is 0 Å². The van der Waals surface area contributed by atoms with Gasteiger partial charge in [-0.05, 0) is 49.2 Å². The zero-order valence-electron chi connectivity index (χ0n) is 23.6. The first-order valence-corrected chi connectivity index (χ1v) is 14.2. The maximum absolute atomic E-state index is 6.93. The molecule has 0 aliphatic carbocycles. The van der Waals surface area contributed by atoms with Crippen molar-refractivity contribution in [3.05, 3.63) is 58.7 Å². The molecule has 182 valence electrons. The summed E-state index contributed by atoms with van der Waals surface area (Å²) in [5.41, 5.74) is 4.97. The third-order valence-corrected chi connectivity index (χ3v) is 7.76. The molecule has 2 aromatic rings. The van der Waals surface area contributed by atoms with Gasteiger partial charge in [-0.25, -0.2) is 0 Å². The van der Waals surface area contributed by atoms with Gasteiger partial charge in [0.25, 0.3) is 0 Å². The summed E-state index contributed by atoms with van der Waals surface area (Å²) in [6, 6.07) is 13.2. The topological polar surface area (TPSA) is 18.5 Å². The number of hydrogen-bond acceptors (Lipinski definition) is 2. The normalized spacial score (nSPS) is 13.1. The van der Waals surface area contributed by atoms with E-state index < -0.39 is 14.8 Å². The molecule has 0 aliphatic rings. The Morgan fingerprint density at radius 2 is 0.758 bits per heavy atom. The van der Waals surface area contributed by atoms with Gasteiger partial charge >= 0.3 is 14.8 Å². The zero-order valence-corrected chi connectivity index (χ0v) is 24.7. The Morgan fingerprint density at radius 3 is 0.939 bits per heavy atom. The standard InChI is InChI=1S/2C14H22O.C2H5.Al/c2*1-13(2,3)10-8-7-9-11(12(10)15)14(4,5)6;1-2;/h2*7-9,15H,1-6H3;1H2,2H3;/q;;;+2/p-2. The first kappa shape index (κ1) is 27.8. The van der Waals surface area contributed by atoms with Crippen LogP contribution in [-0.2, 0) is 21.7 Å². The van der Waals surface area contributed by atoms with Crippen molar-refractivity contribution in [2.75, 3.05) is 0 Å². The van der Waals surface area contributed by atoms with Crippen LogP contribution in [0.5, 0.6) is 11.5 Å². The van der Waals surface area contributed by atoms with E-state index in [1.807, 2.05) is 0 Å². The number of hydrogen-bond donors (Lipinski definition) is 0. The molecule has 0 heterocycles. The van der Waals surface area contributed by atoms with Crippen LogP contribution in [0.25, 0.3) is 0 Å². The van der Waals surface area contributed by atoms with Crippen molar-refractivity contribution in [3.63, 3.8) is 0 Å². The van der Waals surface area contributed by atoms with Crippen molar-refractivity contribution >= 4 is 14.8 Å². The highest BCUT2D eigenvalue weighted by Gasteiger charge is 2.37. The molecule has 0 radical (unpaired) electrons. The third kappa shape index (κ3) is 6.80. The smallest absolute Gasteiger partial charge is 0.611 e. The van der Waals surface area contributed by atoms with Crippen molar-refractivity contribution in [1.82, 2.24) is 0 Å². The van der Waals surface area contributed by atoms with Crippen LogP contribution in [0.15, 0.2) is 36.4 Å². The minimum absolute atomic E-state index is 0.0107. The summed E-state index contributed by atoms with van der Waals surface area (Å²) in [7, 11) is 0. The van der Waals surface area contributed by atoms with Crippen LogP contribution in [0.3, 0.4) is 0 Å². The fourth-order valence-electron chi connectivity index (χ4n) is 4.14. The van der Waals surface area contributed by atoms with Crippen LogP contribution in [0, 0.1) is 0 Å². The Hall–Kier alpha value is -1.43. The minimum atomic E-state index is -2.07. The van der Waals surface area contributed by atoms with E-state index in [2.05, 4.69) is 126 Å². The van der Waals surface area contributed by atoms with Crippen LogP contribution in [0.2, 0.25) is 5.28 Å². The molecule has 0 saturated carbocycles. The second-order valence-electron chi connectivity index (χ2n) is 13.4. The monoisotopic (exact) mass is 466 g/mol. The Morgan fingerprint density at radius 1 is 0.515 bits per heavy atom. The highest BCUT2D eigenvalue weighted by Crippen LogP contribution is 2.42. The lowest BCUT2D eigenvalue weighted by Crippen LogP contribution is -2.34. The van der Waals surface area contributed by atoms with Crippen LogP contribution >= 0.6 is 0 Å². The number of rotatable bonds is 5. The van der Waals surface area contributed by atoms with Gasteiger partial charge < -0.3 is 7.58 Å². The molecule has 2 nitrogen and oxygen atoms in total. The summed E-state index contributed by atoms with van der Waals surface area (Å²) in [5.74, 6) is 2.06. The predicted molar refractivity (Wildman–Crippen MR) is 145 cm³/mol. The average Bonchev–Trinajstić information content (AvgIpc) is 2.64. The molecule has 0 spiro atoms. The molecule has 33 heavy (non-hydrogen) atoms. The van der Waals surface area contributed by atoms with Crippen LogP contribution < -0.4 is 7.58 Å². The molecule has 0 fully saturated rings. The fraction of sp³-hybridized carbons (Fsp3) is 0.600. The van der Waals surface area contributed by atoms with Gasteiger partial charge in [0.2, 0.25) is 0 Å². The molecule has 0 unspecified atom stereocenters. The summed E-state index contributed by atoms with van der Waals surface area (Å²) in [6.07, 6.45) is 0. The Bertz CT molecular complexity index is 805. The molecule has 0 aliphatic heterocycles. The molecular weight excluding hydrogens is 419 g/mol. The van der Waals surface area contributed by atoms with Crippen molar-refractivity contribution in [2.24, 2.45) is 0 Å². The molecule has 2 rings (SSSR count). The van der Waals surface area contributed by atoms with Crippen molar-refractivity contribution in [3.8, 4) is 11.5 Å². The largest absolute Gasteiger partial charge is 0.856 e. The third-order valence-electron chi connectivity index (χ3n) is 6.09. The number of para-hydroxylation sites is 2. The summed E-state index contributed by atoms with van der Waals surface area (Å²) in [4.78, 5) is 0. The Kier molecular flexibility index (Phi) is 8.15. The van der Waals surface area contributed by atoms with E-state index in [1.54, 1.807) is 0 Å². The lowest BCUT2D eigenvalue weighted by atomic mass is 9.79. The van der Waals surface area contributed by atoms with Gasteiger partial charge in [-0.15, -0.1) is 0 Å². The predicted octanol–water partition coefficient (Wildman–Crippen LogP) is 8.84. The molecule has 0 amide bonds. The van der Waals surface area contributed by atoms with Gasteiger partial charge in [-0.3, -0.25) is 0 Å². The Balaban J connectivity index is 2.63. The van der Waals surface area contributed by atoms with Crippen molar-refractivity contribution in [1.29, 1.82) is 0 Å². The van der Waals surface area contributed by atoms with Gasteiger partial charge in [-0.2, -0.15) is 0 Å². The van der Waals surface area contributed by atoms with Gasteiger partial charge in [0.1, 0.15) is 0 Å². The second kappa shape index (κ2) is 9.67. The van der Waals surface area contributed by atoms with Gasteiger partial charge in [-0.1, -0.05) is 126 Å².